The molecule has 0 fully saturated rings. The summed E-state index contributed by atoms with van der Waals surface area (Å²) in [5.74, 6) is 0.696. The first kappa shape index (κ1) is 21.1. The second-order valence-corrected chi connectivity index (χ2v) is 8.33. The van der Waals surface area contributed by atoms with E-state index < -0.39 is 0 Å². The molecule has 0 saturated heterocycles. The normalized spacial score (nSPS) is 10.9. The molecule has 0 atom stereocenters. The molecule has 8 nitrogen and oxygen atoms in total. The van der Waals surface area contributed by atoms with Crippen molar-refractivity contribution in [2.24, 2.45) is 0 Å². The van der Waals surface area contributed by atoms with E-state index in [2.05, 4.69) is 36.4 Å². The SMILES string of the molecule is COc1ccc(CNC(=O)CSc2nc3[nH]ncc3c(=O)n2-c2ccccc2Br)cc1. The van der Waals surface area contributed by atoms with Gasteiger partial charge in [-0.3, -0.25) is 19.3 Å². The third-order valence-corrected chi connectivity index (χ3v) is 6.14. The molecule has 158 valence electrons. The van der Waals surface area contributed by atoms with Gasteiger partial charge in [0.05, 0.1) is 24.7 Å². The van der Waals surface area contributed by atoms with E-state index in [1.165, 1.54) is 22.5 Å². The number of hydrogen-bond acceptors (Lipinski definition) is 6. The second kappa shape index (κ2) is 9.36. The highest BCUT2D eigenvalue weighted by molar-refractivity contribution is 9.10. The third kappa shape index (κ3) is 4.64. The predicted octanol–water partition coefficient (Wildman–Crippen LogP) is 3.29. The highest BCUT2D eigenvalue weighted by atomic mass is 79.9. The van der Waals surface area contributed by atoms with E-state index in [0.717, 1.165) is 15.8 Å². The number of para-hydroxylation sites is 1. The molecule has 0 aliphatic rings. The summed E-state index contributed by atoms with van der Waals surface area (Å²) in [6.45, 7) is 0.396. The molecule has 0 saturated carbocycles. The summed E-state index contributed by atoms with van der Waals surface area (Å²) >= 11 is 4.67. The van der Waals surface area contributed by atoms with E-state index in [0.29, 0.717) is 28.4 Å². The Kier molecular flexibility index (Phi) is 6.38. The van der Waals surface area contributed by atoms with Gasteiger partial charge in [-0.05, 0) is 45.8 Å². The fourth-order valence-corrected chi connectivity index (χ4v) is 4.23. The van der Waals surface area contributed by atoms with Crippen LogP contribution in [0, 0.1) is 0 Å². The molecule has 4 aromatic rings. The number of methoxy groups -OCH3 is 1. The van der Waals surface area contributed by atoms with Crippen molar-refractivity contribution in [3.8, 4) is 11.4 Å². The lowest BCUT2D eigenvalue weighted by Crippen LogP contribution is -2.26. The van der Waals surface area contributed by atoms with Crippen LogP contribution < -0.4 is 15.6 Å². The van der Waals surface area contributed by atoms with Crippen LogP contribution in [0.5, 0.6) is 5.75 Å². The fraction of sp³-hybridized carbons (Fsp3) is 0.143. The average molecular weight is 500 g/mol. The van der Waals surface area contributed by atoms with Gasteiger partial charge in [0.25, 0.3) is 5.56 Å². The number of thioether (sulfide) groups is 1. The molecule has 0 aliphatic carbocycles. The highest BCUT2D eigenvalue weighted by Crippen LogP contribution is 2.25. The van der Waals surface area contributed by atoms with Crippen molar-refractivity contribution in [1.29, 1.82) is 0 Å². The zero-order chi connectivity index (χ0) is 21.8. The Labute approximate surface area is 190 Å². The number of amides is 1. The van der Waals surface area contributed by atoms with Crippen LogP contribution in [0.1, 0.15) is 5.56 Å². The van der Waals surface area contributed by atoms with Crippen molar-refractivity contribution >= 4 is 44.6 Å². The maximum absolute atomic E-state index is 13.1. The summed E-state index contributed by atoms with van der Waals surface area (Å²) in [6.07, 6.45) is 1.45. The molecule has 1 amide bonds. The van der Waals surface area contributed by atoms with Crippen molar-refractivity contribution in [3.05, 3.63) is 75.1 Å². The molecule has 0 spiro atoms. The Morgan fingerprint density at radius 1 is 1.23 bits per heavy atom. The molecule has 0 bridgehead atoms. The Bertz CT molecular complexity index is 1290. The first-order valence-corrected chi connectivity index (χ1v) is 11.1. The smallest absolute Gasteiger partial charge is 0.269 e. The number of benzene rings is 2. The first-order valence-electron chi connectivity index (χ1n) is 9.30. The summed E-state index contributed by atoms with van der Waals surface area (Å²) < 4.78 is 7.37. The third-order valence-electron chi connectivity index (χ3n) is 4.53. The van der Waals surface area contributed by atoms with Gasteiger partial charge in [0, 0.05) is 11.0 Å². The molecule has 2 heterocycles. The van der Waals surface area contributed by atoms with Gasteiger partial charge in [-0.1, -0.05) is 36.0 Å². The Morgan fingerprint density at radius 2 is 2.00 bits per heavy atom. The molecular formula is C21H18BrN5O3S. The van der Waals surface area contributed by atoms with Gasteiger partial charge in [-0.25, -0.2) is 4.98 Å². The molecule has 0 unspecified atom stereocenters. The lowest BCUT2D eigenvalue weighted by atomic mass is 10.2. The maximum Gasteiger partial charge on any atom is 0.269 e. The summed E-state index contributed by atoms with van der Waals surface area (Å²) in [5.41, 5.74) is 1.73. The molecule has 0 radical (unpaired) electrons. The van der Waals surface area contributed by atoms with Crippen LogP contribution in [-0.4, -0.2) is 38.5 Å². The number of ether oxygens (including phenoxy) is 1. The number of carbonyl (C=O) groups excluding carboxylic acids is 1. The highest BCUT2D eigenvalue weighted by Gasteiger charge is 2.17. The zero-order valence-corrected chi connectivity index (χ0v) is 18.9. The van der Waals surface area contributed by atoms with Crippen LogP contribution in [-0.2, 0) is 11.3 Å². The number of nitrogens with zero attached hydrogens (tertiary/aromatic N) is 3. The minimum Gasteiger partial charge on any atom is -0.497 e. The molecule has 2 aromatic carbocycles. The summed E-state index contributed by atoms with van der Waals surface area (Å²) in [4.78, 5) is 30.0. The fourth-order valence-electron chi connectivity index (χ4n) is 2.94. The average Bonchev–Trinajstić information content (AvgIpc) is 3.26. The van der Waals surface area contributed by atoms with Crippen molar-refractivity contribution < 1.29 is 9.53 Å². The van der Waals surface area contributed by atoms with Crippen LogP contribution in [0.4, 0.5) is 0 Å². The summed E-state index contributed by atoms with van der Waals surface area (Å²) in [7, 11) is 1.61. The van der Waals surface area contributed by atoms with Gasteiger partial charge in [-0.2, -0.15) is 5.10 Å². The van der Waals surface area contributed by atoms with Crippen molar-refractivity contribution in [2.45, 2.75) is 11.7 Å². The van der Waals surface area contributed by atoms with Crippen molar-refractivity contribution in [1.82, 2.24) is 25.1 Å². The first-order chi connectivity index (χ1) is 15.1. The molecule has 0 aliphatic heterocycles. The lowest BCUT2D eigenvalue weighted by Gasteiger charge is -2.13. The number of nitrogens with one attached hydrogen (secondary N) is 2. The van der Waals surface area contributed by atoms with Gasteiger partial charge in [0.1, 0.15) is 11.1 Å². The lowest BCUT2D eigenvalue weighted by molar-refractivity contribution is -0.118. The molecular weight excluding hydrogens is 482 g/mol. The number of rotatable bonds is 7. The van der Waals surface area contributed by atoms with E-state index in [1.54, 1.807) is 7.11 Å². The van der Waals surface area contributed by atoms with Crippen LogP contribution >= 0.6 is 27.7 Å². The van der Waals surface area contributed by atoms with Crippen LogP contribution in [0.3, 0.4) is 0 Å². The van der Waals surface area contributed by atoms with Gasteiger partial charge in [0.15, 0.2) is 10.8 Å². The van der Waals surface area contributed by atoms with Crippen LogP contribution in [0.2, 0.25) is 0 Å². The molecule has 31 heavy (non-hydrogen) atoms. The topological polar surface area (TPSA) is 102 Å². The number of H-pyrrole nitrogens is 1. The van der Waals surface area contributed by atoms with E-state index in [-0.39, 0.29) is 17.2 Å². The zero-order valence-electron chi connectivity index (χ0n) is 16.5. The maximum atomic E-state index is 13.1. The predicted molar refractivity (Wildman–Crippen MR) is 123 cm³/mol. The number of aromatic amines is 1. The van der Waals surface area contributed by atoms with Gasteiger partial charge >= 0.3 is 0 Å². The molecule has 4 rings (SSSR count). The number of hydrogen-bond donors (Lipinski definition) is 2. The monoisotopic (exact) mass is 499 g/mol. The van der Waals surface area contributed by atoms with Crippen molar-refractivity contribution in [3.63, 3.8) is 0 Å². The minimum atomic E-state index is -0.258. The number of halogens is 1. The molecule has 10 heteroatoms. The number of carbonyl (C=O) groups is 1. The minimum absolute atomic E-state index is 0.104. The van der Waals surface area contributed by atoms with E-state index in [9.17, 15) is 9.59 Å². The van der Waals surface area contributed by atoms with Gasteiger partial charge < -0.3 is 10.1 Å². The largest absolute Gasteiger partial charge is 0.497 e. The second-order valence-electron chi connectivity index (χ2n) is 6.53. The molecule has 2 N–H and O–H groups in total. The quantitative estimate of drug-likeness (QED) is 0.298. The van der Waals surface area contributed by atoms with Crippen molar-refractivity contribution in [2.75, 3.05) is 12.9 Å². The van der Waals surface area contributed by atoms with E-state index >= 15 is 0 Å². The van der Waals surface area contributed by atoms with Crippen LogP contribution in [0.15, 0.2) is 69.2 Å². The van der Waals surface area contributed by atoms with Gasteiger partial charge in [0.2, 0.25) is 5.91 Å². The Balaban J connectivity index is 1.53. The van der Waals surface area contributed by atoms with Crippen LogP contribution in [0.25, 0.3) is 16.7 Å². The standard InChI is InChI=1S/C21H18BrN5O3S/c1-30-14-8-6-13(7-9-14)10-23-18(28)12-31-21-25-19-15(11-24-26-19)20(29)27(21)17-5-3-2-4-16(17)22/h2-9,11H,10,12H2,1H3,(H,23,28)(H,24,26). The number of fused-ring (bicyclic) bond motifs is 1. The summed E-state index contributed by atoms with van der Waals surface area (Å²) in [5, 5.41) is 10.3. The Morgan fingerprint density at radius 3 is 2.74 bits per heavy atom. The van der Waals surface area contributed by atoms with Gasteiger partial charge in [-0.15, -0.1) is 0 Å². The van der Waals surface area contributed by atoms with E-state index in [1.807, 2.05) is 48.5 Å². The van der Waals surface area contributed by atoms with E-state index in [4.69, 9.17) is 4.74 Å². The number of aromatic nitrogens is 4. The summed E-state index contributed by atoms with van der Waals surface area (Å²) in [6, 6.07) is 14.8. The Hall–Kier alpha value is -3.11. The molecule has 2 aromatic heterocycles.